The monoisotopic (exact) mass is 374 g/mol. The minimum atomic E-state index is -0.394. The SMILES string of the molecule is CCSNc1cc(F)cc(NC(=O)c2cc(Br)cs2)c1. The maximum absolute atomic E-state index is 13.5. The number of halogens is 2. The van der Waals surface area contributed by atoms with E-state index in [1.807, 2.05) is 12.3 Å². The lowest BCUT2D eigenvalue weighted by atomic mass is 10.2. The summed E-state index contributed by atoms with van der Waals surface area (Å²) in [6, 6.07) is 6.11. The highest BCUT2D eigenvalue weighted by molar-refractivity contribution is 9.10. The van der Waals surface area contributed by atoms with Crippen LogP contribution in [0.4, 0.5) is 15.8 Å². The molecule has 1 aromatic heterocycles. The van der Waals surface area contributed by atoms with Crippen molar-refractivity contribution in [1.82, 2.24) is 0 Å². The molecule has 20 heavy (non-hydrogen) atoms. The molecule has 0 fully saturated rings. The summed E-state index contributed by atoms with van der Waals surface area (Å²) >= 11 is 6.09. The zero-order chi connectivity index (χ0) is 14.5. The van der Waals surface area contributed by atoms with Crippen LogP contribution < -0.4 is 10.0 Å². The molecule has 7 heteroatoms. The fourth-order valence-corrected chi connectivity index (χ4v) is 3.25. The topological polar surface area (TPSA) is 41.1 Å². The summed E-state index contributed by atoms with van der Waals surface area (Å²) in [5, 5.41) is 4.52. The molecule has 0 spiro atoms. The second-order valence-corrected chi connectivity index (χ2v) is 6.74. The molecule has 2 N–H and O–H groups in total. The van der Waals surface area contributed by atoms with Gasteiger partial charge < -0.3 is 10.0 Å². The Kier molecular flexibility index (Phi) is 5.45. The molecule has 2 aromatic rings. The molecule has 106 valence electrons. The van der Waals surface area contributed by atoms with E-state index in [-0.39, 0.29) is 5.91 Å². The highest BCUT2D eigenvalue weighted by Crippen LogP contribution is 2.23. The molecule has 1 amide bonds. The molecule has 1 aromatic carbocycles. The van der Waals surface area contributed by atoms with Crippen molar-refractivity contribution in [3.05, 3.63) is 44.8 Å². The zero-order valence-electron chi connectivity index (χ0n) is 10.6. The highest BCUT2D eigenvalue weighted by Gasteiger charge is 2.10. The smallest absolute Gasteiger partial charge is 0.265 e. The van der Waals surface area contributed by atoms with Gasteiger partial charge in [0.15, 0.2) is 0 Å². The van der Waals surface area contributed by atoms with Crippen LogP contribution in [-0.2, 0) is 0 Å². The first-order valence-electron chi connectivity index (χ1n) is 5.82. The summed E-state index contributed by atoms with van der Waals surface area (Å²) in [6.45, 7) is 1.99. The van der Waals surface area contributed by atoms with Crippen LogP contribution in [0.25, 0.3) is 0 Å². The van der Waals surface area contributed by atoms with Gasteiger partial charge in [-0.25, -0.2) is 4.39 Å². The number of anilines is 2. The van der Waals surface area contributed by atoms with Gasteiger partial charge in [0.1, 0.15) is 5.82 Å². The van der Waals surface area contributed by atoms with E-state index in [1.165, 1.54) is 35.4 Å². The van der Waals surface area contributed by atoms with Crippen LogP contribution in [-0.4, -0.2) is 11.7 Å². The number of carbonyl (C=O) groups excluding carboxylic acids is 1. The van der Waals surface area contributed by atoms with Crippen molar-refractivity contribution in [2.24, 2.45) is 0 Å². The Morgan fingerprint density at radius 2 is 2.10 bits per heavy atom. The van der Waals surface area contributed by atoms with Crippen molar-refractivity contribution in [1.29, 1.82) is 0 Å². The number of hydrogen-bond acceptors (Lipinski definition) is 4. The molecule has 3 nitrogen and oxygen atoms in total. The van der Waals surface area contributed by atoms with Crippen molar-refractivity contribution < 1.29 is 9.18 Å². The number of hydrogen-bond donors (Lipinski definition) is 2. The Morgan fingerprint density at radius 3 is 2.75 bits per heavy atom. The van der Waals surface area contributed by atoms with Crippen molar-refractivity contribution in [2.45, 2.75) is 6.92 Å². The molecule has 0 atom stereocenters. The number of benzene rings is 1. The lowest BCUT2D eigenvalue weighted by Gasteiger charge is -2.08. The van der Waals surface area contributed by atoms with Gasteiger partial charge in [-0.2, -0.15) is 0 Å². The predicted octanol–water partition coefficient (Wildman–Crippen LogP) is 4.98. The maximum atomic E-state index is 13.5. The van der Waals surface area contributed by atoms with E-state index in [0.717, 1.165) is 10.2 Å². The number of carbonyl (C=O) groups is 1. The van der Waals surface area contributed by atoms with Crippen molar-refractivity contribution in [2.75, 3.05) is 15.8 Å². The lowest BCUT2D eigenvalue weighted by molar-refractivity contribution is 0.103. The Balaban J connectivity index is 2.12. The molecule has 0 aliphatic heterocycles. The van der Waals surface area contributed by atoms with Gasteiger partial charge in [0, 0.05) is 27.0 Å². The third kappa shape index (κ3) is 4.22. The minimum absolute atomic E-state index is 0.250. The van der Waals surface area contributed by atoms with Crippen molar-refractivity contribution >= 4 is 56.5 Å². The maximum Gasteiger partial charge on any atom is 0.265 e. The number of amides is 1. The van der Waals surface area contributed by atoms with Crippen LogP contribution in [0, 0.1) is 5.82 Å². The van der Waals surface area contributed by atoms with Gasteiger partial charge in [-0.15, -0.1) is 11.3 Å². The van der Waals surface area contributed by atoms with Gasteiger partial charge in [-0.3, -0.25) is 4.79 Å². The molecular formula is C13H12BrFN2OS2. The average Bonchev–Trinajstić information content (AvgIpc) is 2.82. The molecule has 0 saturated carbocycles. The van der Waals surface area contributed by atoms with Gasteiger partial charge in [-0.05, 0) is 40.2 Å². The largest absolute Gasteiger partial charge is 0.330 e. The van der Waals surface area contributed by atoms with Crippen LogP contribution in [0.5, 0.6) is 0 Å². The van der Waals surface area contributed by atoms with Gasteiger partial charge in [0.25, 0.3) is 5.91 Å². The zero-order valence-corrected chi connectivity index (χ0v) is 13.8. The Hall–Kier alpha value is -1.05. The van der Waals surface area contributed by atoms with Crippen molar-refractivity contribution in [3.8, 4) is 0 Å². The quantitative estimate of drug-likeness (QED) is 0.724. The first-order chi connectivity index (χ1) is 9.58. The average molecular weight is 375 g/mol. The first-order valence-corrected chi connectivity index (χ1v) is 8.48. The summed E-state index contributed by atoms with van der Waals surface area (Å²) in [4.78, 5) is 12.6. The summed E-state index contributed by atoms with van der Waals surface area (Å²) in [5.74, 6) is 0.219. The van der Waals surface area contributed by atoms with Crippen LogP contribution >= 0.6 is 39.2 Å². The fraction of sp³-hybridized carbons (Fsp3) is 0.154. The molecule has 0 radical (unpaired) electrons. The predicted molar refractivity (Wildman–Crippen MR) is 88.1 cm³/mol. The van der Waals surface area contributed by atoms with E-state index in [9.17, 15) is 9.18 Å². The van der Waals surface area contributed by atoms with Crippen LogP contribution in [0.15, 0.2) is 34.1 Å². The van der Waals surface area contributed by atoms with Gasteiger partial charge in [0.05, 0.1) is 4.88 Å². The van der Waals surface area contributed by atoms with Gasteiger partial charge in [-0.1, -0.05) is 18.9 Å². The lowest BCUT2D eigenvalue weighted by Crippen LogP contribution is -2.10. The molecule has 0 saturated heterocycles. The number of thiophene rings is 1. The molecule has 0 aliphatic rings. The molecule has 0 aliphatic carbocycles. The standard InChI is InChI=1S/C13H12BrFN2OS2/c1-2-20-17-11-5-9(15)4-10(6-11)16-13(18)12-3-8(14)7-19-12/h3-7,17H,2H2,1H3,(H,16,18). The van der Waals surface area contributed by atoms with E-state index in [2.05, 4.69) is 26.0 Å². The summed E-state index contributed by atoms with van der Waals surface area (Å²) in [7, 11) is 0. The van der Waals surface area contributed by atoms with E-state index in [0.29, 0.717) is 16.3 Å². The fourth-order valence-electron chi connectivity index (χ4n) is 1.50. The summed E-state index contributed by atoms with van der Waals surface area (Å²) < 4.78 is 17.4. The number of rotatable bonds is 5. The second-order valence-electron chi connectivity index (χ2n) is 3.85. The molecule has 0 bridgehead atoms. The van der Waals surface area contributed by atoms with E-state index >= 15 is 0 Å². The molecule has 0 unspecified atom stereocenters. The van der Waals surface area contributed by atoms with E-state index in [1.54, 1.807) is 12.1 Å². The highest BCUT2D eigenvalue weighted by atomic mass is 79.9. The Labute approximate surface area is 133 Å². The Morgan fingerprint density at radius 1 is 1.35 bits per heavy atom. The second kappa shape index (κ2) is 7.10. The molecule has 1 heterocycles. The van der Waals surface area contributed by atoms with Crippen LogP contribution in [0.3, 0.4) is 0 Å². The van der Waals surface area contributed by atoms with Crippen LogP contribution in [0.1, 0.15) is 16.6 Å². The number of nitrogens with one attached hydrogen (secondary N) is 2. The van der Waals surface area contributed by atoms with Crippen molar-refractivity contribution in [3.63, 3.8) is 0 Å². The van der Waals surface area contributed by atoms with E-state index in [4.69, 9.17) is 0 Å². The van der Waals surface area contributed by atoms with Gasteiger partial charge in [0.2, 0.25) is 0 Å². The minimum Gasteiger partial charge on any atom is -0.330 e. The summed E-state index contributed by atoms with van der Waals surface area (Å²) in [6.07, 6.45) is 0. The summed E-state index contributed by atoms with van der Waals surface area (Å²) in [5.41, 5.74) is 1.05. The third-order valence-corrected chi connectivity index (χ3v) is 4.64. The first kappa shape index (κ1) is 15.3. The molecular weight excluding hydrogens is 363 g/mol. The third-order valence-electron chi connectivity index (χ3n) is 2.28. The molecule has 2 rings (SSSR count). The van der Waals surface area contributed by atoms with Crippen LogP contribution in [0.2, 0.25) is 0 Å². The van der Waals surface area contributed by atoms with Gasteiger partial charge >= 0.3 is 0 Å². The van der Waals surface area contributed by atoms with E-state index < -0.39 is 5.82 Å². The Bertz CT molecular complexity index is 618. The normalized spacial score (nSPS) is 10.3.